The molecule has 0 spiro atoms. The number of nitrogens with one attached hydrogen (secondary N) is 1. The Morgan fingerprint density at radius 1 is 1.18 bits per heavy atom. The molecular formula is C19H14ClF3N2O2S. The van der Waals surface area contributed by atoms with Crippen molar-refractivity contribution in [2.75, 3.05) is 11.9 Å². The molecular weight excluding hydrogens is 413 g/mol. The molecule has 3 rings (SSSR count). The number of aromatic nitrogens is 1. The minimum atomic E-state index is -4.47. The minimum absolute atomic E-state index is 0.0347. The number of carbonyl (C=O) groups excluding carboxylic acids is 1. The van der Waals surface area contributed by atoms with E-state index in [1.54, 1.807) is 18.3 Å². The third-order valence-electron chi connectivity index (χ3n) is 3.62. The Morgan fingerprint density at radius 3 is 2.64 bits per heavy atom. The van der Waals surface area contributed by atoms with E-state index < -0.39 is 24.3 Å². The maximum absolute atomic E-state index is 12.7. The van der Waals surface area contributed by atoms with Crippen molar-refractivity contribution in [3.05, 3.63) is 75.8 Å². The highest BCUT2D eigenvalue weighted by atomic mass is 35.5. The van der Waals surface area contributed by atoms with Crippen molar-refractivity contribution < 1.29 is 22.7 Å². The summed E-state index contributed by atoms with van der Waals surface area (Å²) in [6.45, 7) is -0.423. The van der Waals surface area contributed by atoms with Crippen molar-refractivity contribution in [1.29, 1.82) is 0 Å². The first-order valence-corrected chi connectivity index (χ1v) is 9.28. The SMILES string of the molecule is O=C(COc1cccc(C(F)(F)F)c1)Nc1ncc(Cc2ccc(Cl)cc2)s1. The molecule has 9 heteroatoms. The number of carbonyl (C=O) groups is 1. The molecule has 0 aliphatic heterocycles. The lowest BCUT2D eigenvalue weighted by atomic mass is 10.1. The van der Waals surface area contributed by atoms with Crippen LogP contribution in [0.3, 0.4) is 0 Å². The van der Waals surface area contributed by atoms with Crippen molar-refractivity contribution in [1.82, 2.24) is 4.98 Å². The van der Waals surface area contributed by atoms with Gasteiger partial charge in [0.15, 0.2) is 11.7 Å². The summed E-state index contributed by atoms with van der Waals surface area (Å²) >= 11 is 7.16. The number of thiazole rings is 1. The Labute approximate surface area is 167 Å². The van der Waals surface area contributed by atoms with Crippen LogP contribution in [-0.2, 0) is 17.4 Å². The first-order chi connectivity index (χ1) is 13.3. The predicted octanol–water partition coefficient (Wildman–Crippen LogP) is 5.42. The zero-order chi connectivity index (χ0) is 20.1. The maximum Gasteiger partial charge on any atom is 0.416 e. The zero-order valence-electron chi connectivity index (χ0n) is 14.3. The summed E-state index contributed by atoms with van der Waals surface area (Å²) < 4.78 is 43.2. The summed E-state index contributed by atoms with van der Waals surface area (Å²) in [6.07, 6.45) is -2.17. The summed E-state index contributed by atoms with van der Waals surface area (Å²) in [5, 5.41) is 3.62. The molecule has 0 unspecified atom stereocenters. The predicted molar refractivity (Wildman–Crippen MR) is 102 cm³/mol. The van der Waals surface area contributed by atoms with Gasteiger partial charge in [-0.05, 0) is 35.9 Å². The molecule has 0 bridgehead atoms. The van der Waals surface area contributed by atoms with Gasteiger partial charge < -0.3 is 4.74 Å². The van der Waals surface area contributed by atoms with Crippen molar-refractivity contribution in [3.8, 4) is 5.75 Å². The zero-order valence-corrected chi connectivity index (χ0v) is 15.9. The monoisotopic (exact) mass is 426 g/mol. The van der Waals surface area contributed by atoms with Crippen LogP contribution < -0.4 is 10.1 Å². The number of ether oxygens (including phenoxy) is 1. The van der Waals surface area contributed by atoms with Gasteiger partial charge in [0, 0.05) is 22.5 Å². The van der Waals surface area contributed by atoms with Crippen molar-refractivity contribution in [2.24, 2.45) is 0 Å². The molecule has 146 valence electrons. The lowest BCUT2D eigenvalue weighted by molar-refractivity contribution is -0.137. The van der Waals surface area contributed by atoms with E-state index in [0.29, 0.717) is 16.6 Å². The first-order valence-electron chi connectivity index (χ1n) is 8.08. The van der Waals surface area contributed by atoms with Gasteiger partial charge in [0.25, 0.3) is 5.91 Å². The first kappa shape index (κ1) is 20.2. The summed E-state index contributed by atoms with van der Waals surface area (Å²) in [7, 11) is 0. The molecule has 2 aromatic carbocycles. The fourth-order valence-corrected chi connectivity index (χ4v) is 3.31. The minimum Gasteiger partial charge on any atom is -0.484 e. The number of amides is 1. The van der Waals surface area contributed by atoms with E-state index in [-0.39, 0.29) is 5.75 Å². The van der Waals surface area contributed by atoms with E-state index in [0.717, 1.165) is 22.6 Å². The van der Waals surface area contributed by atoms with Crippen LogP contribution in [0.1, 0.15) is 16.0 Å². The van der Waals surface area contributed by atoms with Gasteiger partial charge in [-0.1, -0.05) is 29.8 Å². The summed E-state index contributed by atoms with van der Waals surface area (Å²) in [4.78, 5) is 17.0. The van der Waals surface area contributed by atoms with E-state index in [4.69, 9.17) is 16.3 Å². The van der Waals surface area contributed by atoms with E-state index in [1.807, 2.05) is 12.1 Å². The van der Waals surface area contributed by atoms with Crippen LogP contribution >= 0.6 is 22.9 Å². The number of rotatable bonds is 6. The molecule has 0 saturated carbocycles. The molecule has 0 aliphatic carbocycles. The third kappa shape index (κ3) is 5.71. The molecule has 0 radical (unpaired) electrons. The highest BCUT2D eigenvalue weighted by Gasteiger charge is 2.30. The Bertz CT molecular complexity index is 958. The van der Waals surface area contributed by atoms with Gasteiger partial charge in [0.1, 0.15) is 5.75 Å². The number of benzene rings is 2. The van der Waals surface area contributed by atoms with Crippen molar-refractivity contribution >= 4 is 34.0 Å². The lowest BCUT2D eigenvalue weighted by Crippen LogP contribution is -2.20. The van der Waals surface area contributed by atoms with Crippen LogP contribution in [-0.4, -0.2) is 17.5 Å². The van der Waals surface area contributed by atoms with Crippen LogP contribution in [0.5, 0.6) is 5.75 Å². The molecule has 28 heavy (non-hydrogen) atoms. The number of anilines is 1. The largest absolute Gasteiger partial charge is 0.484 e. The molecule has 3 aromatic rings. The number of nitrogens with zero attached hydrogens (tertiary/aromatic N) is 1. The van der Waals surface area contributed by atoms with Gasteiger partial charge in [-0.2, -0.15) is 13.2 Å². The van der Waals surface area contributed by atoms with E-state index in [9.17, 15) is 18.0 Å². The van der Waals surface area contributed by atoms with E-state index in [2.05, 4.69) is 10.3 Å². The number of hydrogen-bond acceptors (Lipinski definition) is 4. The fraction of sp³-hybridized carbons (Fsp3) is 0.158. The van der Waals surface area contributed by atoms with Gasteiger partial charge >= 0.3 is 6.18 Å². The van der Waals surface area contributed by atoms with Gasteiger partial charge in [-0.15, -0.1) is 11.3 Å². The molecule has 1 aromatic heterocycles. The highest BCUT2D eigenvalue weighted by Crippen LogP contribution is 2.31. The van der Waals surface area contributed by atoms with Crippen molar-refractivity contribution in [2.45, 2.75) is 12.6 Å². The average Bonchev–Trinajstić information content (AvgIpc) is 3.08. The summed E-state index contributed by atoms with van der Waals surface area (Å²) in [6, 6.07) is 11.8. The second-order valence-electron chi connectivity index (χ2n) is 5.80. The average molecular weight is 427 g/mol. The van der Waals surface area contributed by atoms with Gasteiger partial charge in [-0.25, -0.2) is 4.98 Å². The van der Waals surface area contributed by atoms with Gasteiger partial charge in [0.2, 0.25) is 0 Å². The van der Waals surface area contributed by atoms with Crippen LogP contribution in [0, 0.1) is 0 Å². The lowest BCUT2D eigenvalue weighted by Gasteiger charge is -2.09. The Balaban J connectivity index is 1.53. The molecule has 0 saturated heterocycles. The highest BCUT2D eigenvalue weighted by molar-refractivity contribution is 7.15. The summed E-state index contributed by atoms with van der Waals surface area (Å²) in [5.74, 6) is -0.544. The number of halogens is 4. The molecule has 1 N–H and O–H groups in total. The maximum atomic E-state index is 12.7. The summed E-state index contributed by atoms with van der Waals surface area (Å²) in [5.41, 5.74) is 0.218. The third-order valence-corrected chi connectivity index (χ3v) is 4.79. The molecule has 0 aliphatic rings. The second-order valence-corrected chi connectivity index (χ2v) is 7.35. The quantitative estimate of drug-likeness (QED) is 0.572. The van der Waals surface area contributed by atoms with E-state index in [1.165, 1.54) is 23.5 Å². The number of alkyl halides is 3. The molecule has 4 nitrogen and oxygen atoms in total. The van der Waals surface area contributed by atoms with Crippen molar-refractivity contribution in [3.63, 3.8) is 0 Å². The van der Waals surface area contributed by atoms with Crippen LogP contribution in [0.15, 0.2) is 54.7 Å². The normalized spacial score (nSPS) is 11.3. The van der Waals surface area contributed by atoms with Crippen LogP contribution in [0.2, 0.25) is 5.02 Å². The fourth-order valence-electron chi connectivity index (χ4n) is 2.32. The molecule has 0 fully saturated rings. The molecule has 0 atom stereocenters. The van der Waals surface area contributed by atoms with Gasteiger partial charge in [0.05, 0.1) is 5.56 Å². The van der Waals surface area contributed by atoms with Crippen LogP contribution in [0.4, 0.5) is 18.3 Å². The Kier molecular flexibility index (Phi) is 6.21. The Morgan fingerprint density at radius 2 is 1.93 bits per heavy atom. The van der Waals surface area contributed by atoms with E-state index >= 15 is 0 Å². The topological polar surface area (TPSA) is 51.2 Å². The van der Waals surface area contributed by atoms with Gasteiger partial charge in [-0.3, -0.25) is 10.1 Å². The molecule has 1 amide bonds. The molecule has 1 heterocycles. The second kappa shape index (κ2) is 8.62. The number of hydrogen-bond donors (Lipinski definition) is 1. The Hall–Kier alpha value is -2.58. The smallest absolute Gasteiger partial charge is 0.416 e. The van der Waals surface area contributed by atoms with Crippen LogP contribution in [0.25, 0.3) is 0 Å². The standard InChI is InChI=1S/C19H14ClF3N2O2S/c20-14-6-4-12(5-7-14)8-16-10-24-18(28-16)25-17(26)11-27-15-3-1-2-13(9-15)19(21,22)23/h1-7,9-10H,8,11H2,(H,24,25,26).